The number of anilines is 3. The Hall–Kier alpha value is -3.60. The van der Waals surface area contributed by atoms with E-state index in [1.165, 1.54) is 36.2 Å². The Morgan fingerprint density at radius 3 is 2.61 bits per heavy atom. The number of hydrogen-bond donors (Lipinski definition) is 2. The number of nitrogens with one attached hydrogen (secondary N) is 2. The van der Waals surface area contributed by atoms with Gasteiger partial charge in [0.2, 0.25) is 11.9 Å². The number of amides is 3. The van der Waals surface area contributed by atoms with Crippen molar-refractivity contribution >= 4 is 41.0 Å². The van der Waals surface area contributed by atoms with Crippen molar-refractivity contribution in [3.8, 4) is 11.5 Å². The van der Waals surface area contributed by atoms with E-state index in [1.807, 2.05) is 0 Å². The molecule has 0 bridgehead atoms. The normalized spacial score (nSPS) is 19.4. The van der Waals surface area contributed by atoms with Gasteiger partial charge in [-0.15, -0.1) is 0 Å². The SMILES string of the molecule is C=CC(=O)NC1CCCCC1Nc1ncc2c(n1)N(C)C(=O)N(c1c(F)c(OC)cc(OC)c1Cl)C2. The Labute approximate surface area is 213 Å². The lowest BCUT2D eigenvalue weighted by atomic mass is 9.90. The van der Waals surface area contributed by atoms with Gasteiger partial charge in [0.25, 0.3) is 0 Å². The number of benzene rings is 1. The molecule has 2 atom stereocenters. The third-order valence-corrected chi connectivity index (χ3v) is 6.78. The van der Waals surface area contributed by atoms with Crippen LogP contribution in [0.2, 0.25) is 5.02 Å². The van der Waals surface area contributed by atoms with Gasteiger partial charge in [0, 0.05) is 37.0 Å². The number of methoxy groups -OCH3 is 2. The lowest BCUT2D eigenvalue weighted by molar-refractivity contribution is -0.117. The van der Waals surface area contributed by atoms with Crippen molar-refractivity contribution in [3.05, 3.63) is 41.3 Å². The minimum atomic E-state index is -0.780. The summed E-state index contributed by atoms with van der Waals surface area (Å²) in [5, 5.41) is 6.20. The molecule has 10 nitrogen and oxygen atoms in total. The van der Waals surface area contributed by atoms with Gasteiger partial charge >= 0.3 is 6.03 Å². The van der Waals surface area contributed by atoms with E-state index in [1.54, 1.807) is 13.2 Å². The van der Waals surface area contributed by atoms with Gasteiger partial charge < -0.3 is 20.1 Å². The molecular weight excluding hydrogens is 491 g/mol. The molecule has 1 aliphatic carbocycles. The van der Waals surface area contributed by atoms with Crippen LogP contribution in [0.25, 0.3) is 0 Å². The number of fused-ring (bicyclic) bond motifs is 1. The maximum absolute atomic E-state index is 15.2. The molecule has 2 heterocycles. The van der Waals surface area contributed by atoms with Gasteiger partial charge in [0.05, 0.1) is 20.8 Å². The third kappa shape index (κ3) is 4.75. The molecule has 0 saturated heterocycles. The molecule has 4 rings (SSSR count). The number of carbonyl (C=O) groups is 2. The summed E-state index contributed by atoms with van der Waals surface area (Å²) < 4.78 is 25.6. The fraction of sp³-hybridized carbons (Fsp3) is 0.417. The van der Waals surface area contributed by atoms with Gasteiger partial charge in [0.1, 0.15) is 22.3 Å². The second-order valence-corrected chi connectivity index (χ2v) is 8.96. The maximum atomic E-state index is 15.2. The molecule has 192 valence electrons. The first-order chi connectivity index (χ1) is 17.3. The molecule has 12 heteroatoms. The number of carbonyl (C=O) groups excluding carboxylic acids is 2. The average molecular weight is 519 g/mol. The second kappa shape index (κ2) is 10.6. The van der Waals surface area contributed by atoms with Crippen molar-refractivity contribution in [3.63, 3.8) is 0 Å². The summed E-state index contributed by atoms with van der Waals surface area (Å²) >= 11 is 6.40. The average Bonchev–Trinajstić information content (AvgIpc) is 2.88. The monoisotopic (exact) mass is 518 g/mol. The minimum Gasteiger partial charge on any atom is -0.495 e. The van der Waals surface area contributed by atoms with E-state index < -0.39 is 11.8 Å². The van der Waals surface area contributed by atoms with Crippen LogP contribution in [0.1, 0.15) is 31.2 Å². The summed E-state index contributed by atoms with van der Waals surface area (Å²) in [6.07, 6.45) is 6.51. The first-order valence-corrected chi connectivity index (χ1v) is 11.9. The highest BCUT2D eigenvalue weighted by Crippen LogP contribution is 2.44. The summed E-state index contributed by atoms with van der Waals surface area (Å²) in [6, 6.07) is 0.632. The number of ether oxygens (including phenoxy) is 2. The van der Waals surface area contributed by atoms with Crippen LogP contribution in [0.15, 0.2) is 24.9 Å². The zero-order valence-corrected chi connectivity index (χ0v) is 21.1. The topological polar surface area (TPSA) is 109 Å². The molecule has 0 radical (unpaired) electrons. The van der Waals surface area contributed by atoms with Crippen molar-refractivity contribution < 1.29 is 23.5 Å². The standard InChI is InChI=1S/C24H28ClFN6O4/c1-5-18(33)28-14-8-6-7-9-15(14)29-23-27-11-13-12-32(24(34)31(2)22(13)30-23)21-19(25)16(35-3)10-17(36-4)20(21)26/h5,10-11,14-15H,1,6-9,12H2,2-4H3,(H,28,33)(H,27,29,30). The predicted octanol–water partition coefficient (Wildman–Crippen LogP) is 3.89. The first-order valence-electron chi connectivity index (χ1n) is 11.5. The Kier molecular flexibility index (Phi) is 7.48. The van der Waals surface area contributed by atoms with Crippen LogP contribution in [0.5, 0.6) is 11.5 Å². The quantitative estimate of drug-likeness (QED) is 0.535. The van der Waals surface area contributed by atoms with E-state index >= 15 is 4.39 Å². The van der Waals surface area contributed by atoms with Crippen LogP contribution in [-0.4, -0.2) is 55.3 Å². The predicted molar refractivity (Wildman–Crippen MR) is 135 cm³/mol. The summed E-state index contributed by atoms with van der Waals surface area (Å²) in [5.74, 6) is -0.217. The molecular formula is C24H28ClFN6O4. The Balaban J connectivity index is 1.62. The van der Waals surface area contributed by atoms with E-state index in [9.17, 15) is 9.59 Å². The number of aromatic nitrogens is 2. The van der Waals surface area contributed by atoms with E-state index in [0.717, 1.165) is 25.7 Å². The van der Waals surface area contributed by atoms with Gasteiger partial charge in [-0.3, -0.25) is 14.6 Å². The number of rotatable bonds is 7. The second-order valence-electron chi connectivity index (χ2n) is 8.58. The van der Waals surface area contributed by atoms with Crippen LogP contribution < -0.4 is 29.9 Å². The van der Waals surface area contributed by atoms with Crippen molar-refractivity contribution in [2.24, 2.45) is 0 Å². The highest BCUT2D eigenvalue weighted by molar-refractivity contribution is 6.35. The zero-order chi connectivity index (χ0) is 26.0. The fourth-order valence-electron chi connectivity index (χ4n) is 4.55. The highest BCUT2D eigenvalue weighted by Gasteiger charge is 2.36. The minimum absolute atomic E-state index is 0.00675. The van der Waals surface area contributed by atoms with Crippen LogP contribution in [0, 0.1) is 5.82 Å². The molecule has 3 amide bonds. The molecule has 1 aromatic carbocycles. The van der Waals surface area contributed by atoms with Gasteiger partial charge in [0.15, 0.2) is 11.6 Å². The van der Waals surface area contributed by atoms with E-state index in [0.29, 0.717) is 17.3 Å². The van der Waals surface area contributed by atoms with Gasteiger partial charge in [-0.05, 0) is 18.9 Å². The molecule has 1 fully saturated rings. The molecule has 1 aliphatic heterocycles. The number of hydrogen-bond acceptors (Lipinski definition) is 7. The van der Waals surface area contributed by atoms with Crippen LogP contribution in [-0.2, 0) is 11.3 Å². The summed E-state index contributed by atoms with van der Waals surface area (Å²) in [5.41, 5.74) is 0.445. The zero-order valence-electron chi connectivity index (χ0n) is 20.3. The number of urea groups is 1. The third-order valence-electron chi connectivity index (χ3n) is 6.42. The Morgan fingerprint density at radius 1 is 1.25 bits per heavy atom. The molecule has 0 spiro atoms. The van der Waals surface area contributed by atoms with E-state index in [4.69, 9.17) is 21.1 Å². The van der Waals surface area contributed by atoms with Crippen molar-refractivity contribution in [1.82, 2.24) is 15.3 Å². The molecule has 2 aliphatic rings. The van der Waals surface area contributed by atoms with Crippen LogP contribution in [0.4, 0.5) is 26.6 Å². The van der Waals surface area contributed by atoms with Crippen LogP contribution in [0.3, 0.4) is 0 Å². The Bertz CT molecular complexity index is 1170. The number of nitrogens with zero attached hydrogens (tertiary/aromatic N) is 4. The van der Waals surface area contributed by atoms with Crippen LogP contribution >= 0.6 is 11.6 Å². The summed E-state index contributed by atoms with van der Waals surface area (Å²) in [6.45, 7) is 3.51. The number of halogens is 2. The van der Waals surface area contributed by atoms with Crippen molar-refractivity contribution in [2.45, 2.75) is 44.3 Å². The lowest BCUT2D eigenvalue weighted by Gasteiger charge is -2.35. The molecule has 36 heavy (non-hydrogen) atoms. The summed E-state index contributed by atoms with van der Waals surface area (Å²) in [4.78, 5) is 36.6. The lowest BCUT2D eigenvalue weighted by Crippen LogP contribution is -2.48. The molecule has 1 aromatic heterocycles. The molecule has 2 unspecified atom stereocenters. The fourth-order valence-corrected chi connectivity index (χ4v) is 4.86. The first kappa shape index (κ1) is 25.5. The van der Waals surface area contributed by atoms with E-state index in [2.05, 4.69) is 27.2 Å². The highest BCUT2D eigenvalue weighted by atomic mass is 35.5. The molecule has 2 aromatic rings. The summed E-state index contributed by atoms with van der Waals surface area (Å²) in [7, 11) is 4.25. The van der Waals surface area contributed by atoms with Gasteiger partial charge in [-0.1, -0.05) is 31.0 Å². The van der Waals surface area contributed by atoms with Gasteiger partial charge in [-0.2, -0.15) is 4.98 Å². The van der Waals surface area contributed by atoms with Gasteiger partial charge in [-0.25, -0.2) is 14.2 Å². The molecule has 1 saturated carbocycles. The Morgan fingerprint density at radius 2 is 1.94 bits per heavy atom. The largest absolute Gasteiger partial charge is 0.495 e. The molecule has 2 N–H and O–H groups in total. The maximum Gasteiger partial charge on any atom is 0.330 e. The van der Waals surface area contributed by atoms with Crippen molar-refractivity contribution in [2.75, 3.05) is 36.4 Å². The van der Waals surface area contributed by atoms with Crippen molar-refractivity contribution in [1.29, 1.82) is 0 Å². The van der Waals surface area contributed by atoms with E-state index in [-0.39, 0.29) is 46.7 Å². The smallest absolute Gasteiger partial charge is 0.330 e.